The predicted molar refractivity (Wildman–Crippen MR) is 103 cm³/mol. The summed E-state index contributed by atoms with van der Waals surface area (Å²) in [6.07, 6.45) is 4.03. The van der Waals surface area contributed by atoms with Crippen LogP contribution in [0.3, 0.4) is 0 Å². The van der Waals surface area contributed by atoms with Gasteiger partial charge in [-0.2, -0.15) is 0 Å². The van der Waals surface area contributed by atoms with E-state index in [1.54, 1.807) is 0 Å². The van der Waals surface area contributed by atoms with Gasteiger partial charge < -0.3 is 15.0 Å². The van der Waals surface area contributed by atoms with Gasteiger partial charge in [0.05, 0.1) is 11.7 Å². The first-order valence-electron chi connectivity index (χ1n) is 9.61. The van der Waals surface area contributed by atoms with Crippen LogP contribution in [0.2, 0.25) is 0 Å². The number of benzene rings is 2. The Balaban J connectivity index is 1.82. The molecule has 0 spiro atoms. The highest BCUT2D eigenvalue weighted by Gasteiger charge is 2.46. The maximum Gasteiger partial charge on any atom is 0.258 e. The Bertz CT molecular complexity index is 771. The molecular formula is C22H26N2O2. The van der Waals surface area contributed by atoms with Crippen LogP contribution >= 0.6 is 0 Å². The monoisotopic (exact) mass is 350 g/mol. The van der Waals surface area contributed by atoms with Gasteiger partial charge in [-0.25, -0.2) is 0 Å². The largest absolute Gasteiger partial charge is 0.376 e. The molecule has 2 aliphatic rings. The summed E-state index contributed by atoms with van der Waals surface area (Å²) in [5.41, 5.74) is 2.25. The highest BCUT2D eigenvalue weighted by molar-refractivity contribution is 6.02. The minimum atomic E-state index is -0.534. The number of hydrogen-bond acceptors (Lipinski definition) is 3. The highest BCUT2D eigenvalue weighted by atomic mass is 16.5. The summed E-state index contributed by atoms with van der Waals surface area (Å²) in [7, 11) is 0. The molecule has 2 heterocycles. The third-order valence-corrected chi connectivity index (χ3v) is 5.48. The van der Waals surface area contributed by atoms with Crippen molar-refractivity contribution >= 4 is 11.6 Å². The molecule has 1 fully saturated rings. The van der Waals surface area contributed by atoms with Gasteiger partial charge in [0, 0.05) is 18.8 Å². The van der Waals surface area contributed by atoms with E-state index < -0.39 is 5.66 Å². The third kappa shape index (κ3) is 2.88. The van der Waals surface area contributed by atoms with Crippen molar-refractivity contribution in [3.63, 3.8) is 0 Å². The molecule has 2 aliphatic heterocycles. The zero-order chi connectivity index (χ0) is 18.0. The fourth-order valence-corrected chi connectivity index (χ4v) is 4.26. The second kappa shape index (κ2) is 7.12. The molecule has 0 bridgehead atoms. The van der Waals surface area contributed by atoms with E-state index in [2.05, 4.69) is 24.4 Å². The fraction of sp³-hybridized carbons (Fsp3) is 0.409. The Morgan fingerprint density at radius 2 is 1.92 bits per heavy atom. The smallest absolute Gasteiger partial charge is 0.258 e. The van der Waals surface area contributed by atoms with Gasteiger partial charge in [-0.1, -0.05) is 55.8 Å². The van der Waals surface area contributed by atoms with E-state index in [1.165, 1.54) is 0 Å². The first kappa shape index (κ1) is 17.1. The van der Waals surface area contributed by atoms with E-state index in [4.69, 9.17) is 4.74 Å². The highest BCUT2D eigenvalue weighted by Crippen LogP contribution is 2.41. The molecule has 2 aromatic carbocycles. The normalized spacial score (nSPS) is 25.0. The van der Waals surface area contributed by atoms with Crippen molar-refractivity contribution in [3.8, 4) is 0 Å². The number of amides is 1. The molecule has 4 heteroatoms. The zero-order valence-electron chi connectivity index (χ0n) is 15.3. The van der Waals surface area contributed by atoms with E-state index in [1.807, 2.05) is 47.4 Å². The lowest BCUT2D eigenvalue weighted by atomic mass is 9.88. The van der Waals surface area contributed by atoms with Gasteiger partial charge in [0.2, 0.25) is 0 Å². The minimum absolute atomic E-state index is 0.0900. The average Bonchev–Trinajstić information content (AvgIpc) is 3.19. The van der Waals surface area contributed by atoms with Crippen molar-refractivity contribution in [2.24, 2.45) is 0 Å². The van der Waals surface area contributed by atoms with Gasteiger partial charge in [0.15, 0.2) is 0 Å². The molecule has 0 radical (unpaired) electrons. The summed E-state index contributed by atoms with van der Waals surface area (Å²) < 4.78 is 5.88. The molecule has 4 nitrogen and oxygen atoms in total. The minimum Gasteiger partial charge on any atom is -0.376 e. The quantitative estimate of drug-likeness (QED) is 0.870. The molecule has 1 amide bonds. The molecule has 1 N–H and O–H groups in total. The topological polar surface area (TPSA) is 41.6 Å². The molecule has 0 aromatic heterocycles. The summed E-state index contributed by atoms with van der Waals surface area (Å²) in [5.74, 6) is 0.0900. The number of nitrogens with zero attached hydrogens (tertiary/aromatic N) is 1. The number of rotatable bonds is 5. The molecule has 26 heavy (non-hydrogen) atoms. The fourth-order valence-electron chi connectivity index (χ4n) is 4.26. The van der Waals surface area contributed by atoms with Gasteiger partial charge in [0.25, 0.3) is 5.91 Å². The van der Waals surface area contributed by atoms with Crippen molar-refractivity contribution in [2.45, 2.75) is 44.4 Å². The summed E-state index contributed by atoms with van der Waals surface area (Å²) in [6.45, 7) is 3.58. The van der Waals surface area contributed by atoms with Crippen molar-refractivity contribution in [1.29, 1.82) is 0 Å². The molecule has 1 saturated heterocycles. The number of fused-ring (bicyclic) bond motifs is 1. The van der Waals surface area contributed by atoms with Crippen molar-refractivity contribution in [3.05, 3.63) is 65.7 Å². The van der Waals surface area contributed by atoms with E-state index in [0.29, 0.717) is 6.54 Å². The Morgan fingerprint density at radius 3 is 2.65 bits per heavy atom. The maximum atomic E-state index is 13.5. The zero-order valence-corrected chi connectivity index (χ0v) is 15.3. The molecule has 136 valence electrons. The van der Waals surface area contributed by atoms with Crippen LogP contribution in [0.4, 0.5) is 5.69 Å². The van der Waals surface area contributed by atoms with E-state index in [0.717, 1.165) is 49.1 Å². The lowest BCUT2D eigenvalue weighted by molar-refractivity contribution is 0.0172. The van der Waals surface area contributed by atoms with Crippen molar-refractivity contribution in [2.75, 3.05) is 18.5 Å². The average molecular weight is 350 g/mol. The standard InChI is InChI=1S/C22H26N2O2/c1-2-14-22(17-9-4-3-5-10-17)23-20-13-7-6-12-19(20)21(25)24(22)16-18-11-8-15-26-18/h3-7,9-10,12-13,18,23H,2,8,11,14-16H2,1H3. The number of anilines is 1. The van der Waals surface area contributed by atoms with Crippen LogP contribution in [0, 0.1) is 0 Å². The van der Waals surface area contributed by atoms with Gasteiger partial charge >= 0.3 is 0 Å². The first-order valence-corrected chi connectivity index (χ1v) is 9.61. The first-order chi connectivity index (χ1) is 12.7. The number of hydrogen-bond donors (Lipinski definition) is 1. The van der Waals surface area contributed by atoms with Gasteiger partial charge in [0.1, 0.15) is 5.66 Å². The van der Waals surface area contributed by atoms with Crippen LogP contribution in [-0.4, -0.2) is 30.1 Å². The second-order valence-electron chi connectivity index (χ2n) is 7.20. The van der Waals surface area contributed by atoms with Crippen LogP contribution in [0.1, 0.15) is 48.5 Å². The Hall–Kier alpha value is -2.33. The summed E-state index contributed by atoms with van der Waals surface area (Å²) in [5, 5.41) is 3.73. The lowest BCUT2D eigenvalue weighted by Gasteiger charge is -2.49. The lowest BCUT2D eigenvalue weighted by Crippen LogP contribution is -2.59. The van der Waals surface area contributed by atoms with Gasteiger partial charge in [-0.05, 0) is 37.0 Å². The molecular weight excluding hydrogens is 324 g/mol. The van der Waals surface area contributed by atoms with Gasteiger partial charge in [-0.15, -0.1) is 0 Å². The van der Waals surface area contributed by atoms with Crippen LogP contribution in [0.15, 0.2) is 54.6 Å². The van der Waals surface area contributed by atoms with Crippen LogP contribution in [0.5, 0.6) is 0 Å². The van der Waals surface area contributed by atoms with E-state index in [9.17, 15) is 4.79 Å². The molecule has 4 rings (SSSR count). The number of carbonyl (C=O) groups excluding carboxylic acids is 1. The number of carbonyl (C=O) groups is 1. The molecule has 2 unspecified atom stereocenters. The van der Waals surface area contributed by atoms with E-state index in [-0.39, 0.29) is 12.0 Å². The molecule has 2 atom stereocenters. The summed E-state index contributed by atoms with van der Waals surface area (Å²) in [4.78, 5) is 15.5. The van der Waals surface area contributed by atoms with Crippen molar-refractivity contribution in [1.82, 2.24) is 4.90 Å². The Labute approximate surface area is 155 Å². The summed E-state index contributed by atoms with van der Waals surface area (Å²) in [6, 6.07) is 18.2. The third-order valence-electron chi connectivity index (χ3n) is 5.48. The number of nitrogens with one attached hydrogen (secondary N) is 1. The van der Waals surface area contributed by atoms with Crippen LogP contribution in [0.25, 0.3) is 0 Å². The maximum absolute atomic E-state index is 13.5. The molecule has 0 aliphatic carbocycles. The van der Waals surface area contributed by atoms with Crippen molar-refractivity contribution < 1.29 is 9.53 Å². The van der Waals surface area contributed by atoms with Gasteiger partial charge in [-0.3, -0.25) is 4.79 Å². The predicted octanol–water partition coefficient (Wildman–Crippen LogP) is 4.39. The number of para-hydroxylation sites is 1. The SMILES string of the molecule is CCCC1(c2ccccc2)Nc2ccccc2C(=O)N1CC1CCCO1. The number of ether oxygens (including phenoxy) is 1. The molecule has 0 saturated carbocycles. The van der Waals surface area contributed by atoms with E-state index >= 15 is 0 Å². The van der Waals surface area contributed by atoms with Crippen LogP contribution < -0.4 is 5.32 Å². The Morgan fingerprint density at radius 1 is 1.15 bits per heavy atom. The Kier molecular flexibility index (Phi) is 4.68. The molecule has 2 aromatic rings. The van der Waals surface area contributed by atoms with Crippen LogP contribution in [-0.2, 0) is 10.4 Å². The summed E-state index contributed by atoms with van der Waals surface area (Å²) >= 11 is 0. The second-order valence-corrected chi connectivity index (χ2v) is 7.20.